The van der Waals surface area contributed by atoms with Crippen molar-refractivity contribution < 1.29 is 9.59 Å². The van der Waals surface area contributed by atoms with Crippen LogP contribution in [0.2, 0.25) is 10.0 Å². The van der Waals surface area contributed by atoms with Crippen LogP contribution in [0.15, 0.2) is 18.2 Å². The van der Waals surface area contributed by atoms with Gasteiger partial charge in [-0.3, -0.25) is 14.5 Å². The molecule has 1 rings (SSSR count). The van der Waals surface area contributed by atoms with Crippen LogP contribution in [-0.4, -0.2) is 42.9 Å². The summed E-state index contributed by atoms with van der Waals surface area (Å²) in [5, 5.41) is 6.28. The fourth-order valence-electron chi connectivity index (χ4n) is 1.80. The number of rotatable bonds is 7. The van der Waals surface area contributed by atoms with Crippen LogP contribution in [0.5, 0.6) is 0 Å². The van der Waals surface area contributed by atoms with Crippen molar-refractivity contribution in [3.63, 3.8) is 0 Å². The Hall–Kier alpha value is -1.30. The van der Waals surface area contributed by atoms with Crippen molar-refractivity contribution >= 4 is 40.7 Å². The van der Waals surface area contributed by atoms with Crippen LogP contribution >= 0.6 is 23.2 Å². The van der Waals surface area contributed by atoms with Crippen molar-refractivity contribution in [2.75, 3.05) is 25.5 Å². The van der Waals surface area contributed by atoms with Crippen LogP contribution < -0.4 is 10.6 Å². The highest BCUT2D eigenvalue weighted by Crippen LogP contribution is 2.29. The number of anilines is 1. The third kappa shape index (κ3) is 6.64. The molecule has 0 atom stereocenters. The Balaban J connectivity index is 2.41. The van der Waals surface area contributed by atoms with Gasteiger partial charge in [-0.25, -0.2) is 0 Å². The minimum Gasteiger partial charge on any atom is -0.353 e. The lowest BCUT2D eigenvalue weighted by molar-refractivity contribution is -0.123. The molecule has 0 saturated heterocycles. The molecule has 0 aromatic heterocycles. The Morgan fingerprint density at radius 2 is 1.77 bits per heavy atom. The molecular weight excluding hydrogens is 325 g/mol. The summed E-state index contributed by atoms with van der Waals surface area (Å²) in [6, 6.07) is 5.13. The van der Waals surface area contributed by atoms with E-state index in [0.29, 0.717) is 22.3 Å². The number of benzene rings is 1. The maximum Gasteiger partial charge on any atom is 0.234 e. The van der Waals surface area contributed by atoms with Crippen molar-refractivity contribution in [3.8, 4) is 0 Å². The Morgan fingerprint density at radius 3 is 2.32 bits per heavy atom. The van der Waals surface area contributed by atoms with Gasteiger partial charge in [0.25, 0.3) is 0 Å². The second kappa shape index (κ2) is 8.98. The summed E-state index contributed by atoms with van der Waals surface area (Å²) in [6.45, 7) is 4.51. The van der Waals surface area contributed by atoms with E-state index >= 15 is 0 Å². The van der Waals surface area contributed by atoms with Crippen molar-refractivity contribution in [1.82, 2.24) is 10.2 Å². The predicted molar refractivity (Wildman–Crippen MR) is 90.5 cm³/mol. The van der Waals surface area contributed by atoms with Gasteiger partial charge in [-0.05, 0) is 33.0 Å². The van der Waals surface area contributed by atoms with E-state index in [1.54, 1.807) is 30.1 Å². The van der Waals surface area contributed by atoms with Gasteiger partial charge in [0.2, 0.25) is 11.8 Å². The third-order valence-electron chi connectivity index (χ3n) is 2.81. The van der Waals surface area contributed by atoms with Crippen molar-refractivity contribution in [1.29, 1.82) is 0 Å². The van der Waals surface area contributed by atoms with Gasteiger partial charge in [0.1, 0.15) is 0 Å². The first kappa shape index (κ1) is 18.7. The topological polar surface area (TPSA) is 61.4 Å². The molecule has 0 fully saturated rings. The SMILES string of the molecule is CC(C)NC(=O)CN(C)CCC(=O)Nc1c(Cl)cccc1Cl. The first-order valence-electron chi connectivity index (χ1n) is 7.01. The maximum atomic E-state index is 11.9. The molecular formula is C15H21Cl2N3O2. The molecule has 122 valence electrons. The Labute approximate surface area is 141 Å². The Kier molecular flexibility index (Phi) is 7.65. The summed E-state index contributed by atoms with van der Waals surface area (Å²) in [5.74, 6) is -0.266. The third-order valence-corrected chi connectivity index (χ3v) is 3.44. The molecule has 0 aliphatic heterocycles. The molecule has 0 aliphatic rings. The van der Waals surface area contributed by atoms with Gasteiger partial charge in [-0.15, -0.1) is 0 Å². The smallest absolute Gasteiger partial charge is 0.234 e. The Morgan fingerprint density at radius 1 is 1.18 bits per heavy atom. The summed E-state index contributed by atoms with van der Waals surface area (Å²) in [4.78, 5) is 25.3. The van der Waals surface area contributed by atoms with E-state index < -0.39 is 0 Å². The molecule has 0 saturated carbocycles. The largest absolute Gasteiger partial charge is 0.353 e. The predicted octanol–water partition coefficient (Wildman–Crippen LogP) is 2.78. The van der Waals surface area contributed by atoms with E-state index in [-0.39, 0.29) is 30.8 Å². The van der Waals surface area contributed by atoms with E-state index in [1.807, 2.05) is 13.8 Å². The lowest BCUT2D eigenvalue weighted by Gasteiger charge is -2.17. The highest BCUT2D eigenvalue weighted by Gasteiger charge is 2.12. The van der Waals surface area contributed by atoms with Crippen LogP contribution in [0, 0.1) is 0 Å². The van der Waals surface area contributed by atoms with Gasteiger partial charge >= 0.3 is 0 Å². The molecule has 1 aromatic rings. The lowest BCUT2D eigenvalue weighted by atomic mass is 10.3. The van der Waals surface area contributed by atoms with Gasteiger partial charge < -0.3 is 10.6 Å². The Bertz CT molecular complexity index is 515. The standard InChI is InChI=1S/C15H21Cl2N3O2/c1-10(2)18-14(22)9-20(3)8-7-13(21)19-15-11(16)5-4-6-12(15)17/h4-6,10H,7-9H2,1-3H3,(H,18,22)(H,19,21). The number of nitrogens with zero attached hydrogens (tertiary/aromatic N) is 1. The van der Waals surface area contributed by atoms with E-state index in [4.69, 9.17) is 23.2 Å². The highest BCUT2D eigenvalue weighted by molar-refractivity contribution is 6.39. The zero-order valence-corrected chi connectivity index (χ0v) is 14.5. The first-order chi connectivity index (χ1) is 10.3. The number of nitrogens with one attached hydrogen (secondary N) is 2. The number of likely N-dealkylation sites (N-methyl/N-ethyl adjacent to an activating group) is 1. The number of carbonyl (C=O) groups excluding carboxylic acids is 2. The van der Waals surface area contributed by atoms with Crippen LogP contribution in [0.1, 0.15) is 20.3 Å². The van der Waals surface area contributed by atoms with E-state index in [0.717, 1.165) is 0 Å². The average Bonchev–Trinajstić information content (AvgIpc) is 2.39. The van der Waals surface area contributed by atoms with Crippen LogP contribution in [-0.2, 0) is 9.59 Å². The van der Waals surface area contributed by atoms with E-state index in [1.165, 1.54) is 0 Å². The number of carbonyl (C=O) groups is 2. The van der Waals surface area contributed by atoms with Gasteiger partial charge in [0.15, 0.2) is 0 Å². The zero-order chi connectivity index (χ0) is 16.7. The molecule has 2 amide bonds. The van der Waals surface area contributed by atoms with Gasteiger partial charge in [-0.2, -0.15) is 0 Å². The van der Waals surface area contributed by atoms with Crippen LogP contribution in [0.4, 0.5) is 5.69 Å². The number of para-hydroxylation sites is 1. The number of hydrogen-bond acceptors (Lipinski definition) is 3. The lowest BCUT2D eigenvalue weighted by Crippen LogP contribution is -2.39. The maximum absolute atomic E-state index is 11.9. The average molecular weight is 346 g/mol. The number of halogens is 2. The molecule has 5 nitrogen and oxygen atoms in total. The number of amides is 2. The summed E-state index contributed by atoms with van der Waals surface area (Å²) in [6.07, 6.45) is 0.243. The van der Waals surface area contributed by atoms with Crippen LogP contribution in [0.25, 0.3) is 0 Å². The second-order valence-corrected chi connectivity index (χ2v) is 6.17. The minimum atomic E-state index is -0.203. The monoisotopic (exact) mass is 345 g/mol. The molecule has 0 spiro atoms. The normalized spacial score (nSPS) is 10.9. The molecule has 1 aromatic carbocycles. The summed E-state index contributed by atoms with van der Waals surface area (Å²) in [7, 11) is 1.79. The van der Waals surface area contributed by atoms with Crippen LogP contribution in [0.3, 0.4) is 0 Å². The summed E-state index contributed by atoms with van der Waals surface area (Å²) < 4.78 is 0. The quantitative estimate of drug-likeness (QED) is 0.798. The highest BCUT2D eigenvalue weighted by atomic mass is 35.5. The van der Waals surface area contributed by atoms with Gasteiger partial charge in [-0.1, -0.05) is 29.3 Å². The first-order valence-corrected chi connectivity index (χ1v) is 7.77. The fourth-order valence-corrected chi connectivity index (χ4v) is 2.30. The molecule has 7 heteroatoms. The fraction of sp³-hybridized carbons (Fsp3) is 0.467. The summed E-state index contributed by atoms with van der Waals surface area (Å²) in [5.41, 5.74) is 0.413. The van der Waals surface area contributed by atoms with E-state index in [2.05, 4.69) is 10.6 Å². The molecule has 22 heavy (non-hydrogen) atoms. The van der Waals surface area contributed by atoms with Crippen molar-refractivity contribution in [3.05, 3.63) is 28.2 Å². The molecule has 0 unspecified atom stereocenters. The van der Waals surface area contributed by atoms with Crippen molar-refractivity contribution in [2.24, 2.45) is 0 Å². The minimum absolute atomic E-state index is 0.0629. The molecule has 2 N–H and O–H groups in total. The van der Waals surface area contributed by atoms with Gasteiger partial charge in [0.05, 0.1) is 22.3 Å². The molecule has 0 heterocycles. The molecule has 0 bridgehead atoms. The second-order valence-electron chi connectivity index (χ2n) is 5.35. The zero-order valence-electron chi connectivity index (χ0n) is 13.0. The number of hydrogen-bond donors (Lipinski definition) is 2. The summed E-state index contributed by atoms with van der Waals surface area (Å²) >= 11 is 12.0. The molecule has 0 aliphatic carbocycles. The van der Waals surface area contributed by atoms with Crippen molar-refractivity contribution in [2.45, 2.75) is 26.3 Å². The van der Waals surface area contributed by atoms with E-state index in [9.17, 15) is 9.59 Å². The van der Waals surface area contributed by atoms with Gasteiger partial charge in [0, 0.05) is 19.0 Å². The molecule has 0 radical (unpaired) electrons.